The maximum absolute atomic E-state index is 12.8. The quantitative estimate of drug-likeness (QED) is 0.165. The molecule has 0 bridgehead atoms. The summed E-state index contributed by atoms with van der Waals surface area (Å²) in [6, 6.07) is 19.2. The first-order chi connectivity index (χ1) is 18.6. The number of benzene rings is 2. The Balaban J connectivity index is 1.42. The van der Waals surface area contributed by atoms with Crippen molar-refractivity contribution < 1.29 is 9.53 Å². The fourth-order valence-electron chi connectivity index (χ4n) is 5.74. The van der Waals surface area contributed by atoms with Gasteiger partial charge in [0.25, 0.3) is 0 Å². The smallest absolute Gasteiger partial charge is 0.338 e. The Bertz CT molecular complexity index is 978. The van der Waals surface area contributed by atoms with Crippen molar-refractivity contribution in [1.29, 1.82) is 5.26 Å². The highest BCUT2D eigenvalue weighted by atomic mass is 16.5. The Kier molecular flexibility index (Phi) is 12.9. The van der Waals surface area contributed by atoms with Crippen LogP contribution in [0.3, 0.4) is 0 Å². The summed E-state index contributed by atoms with van der Waals surface area (Å²) in [6.45, 7) is 4.49. The molecule has 1 saturated carbocycles. The van der Waals surface area contributed by atoms with Gasteiger partial charge in [0.15, 0.2) is 0 Å². The molecule has 3 nitrogen and oxygen atoms in total. The van der Waals surface area contributed by atoms with Crippen LogP contribution in [-0.4, -0.2) is 12.1 Å². The number of hydrogen-bond acceptors (Lipinski definition) is 3. The summed E-state index contributed by atoms with van der Waals surface area (Å²) < 4.78 is 5.85. The van der Waals surface area contributed by atoms with E-state index in [9.17, 15) is 10.1 Å². The topological polar surface area (TPSA) is 50.1 Å². The maximum Gasteiger partial charge on any atom is 0.338 e. The molecule has 0 unspecified atom stereocenters. The average molecular weight is 516 g/mol. The summed E-state index contributed by atoms with van der Waals surface area (Å²) in [5, 5.41) is 9.84. The summed E-state index contributed by atoms with van der Waals surface area (Å²) in [4.78, 5) is 12.8. The molecule has 0 heterocycles. The van der Waals surface area contributed by atoms with E-state index in [-0.39, 0.29) is 17.5 Å². The van der Waals surface area contributed by atoms with Gasteiger partial charge in [-0.1, -0.05) is 114 Å². The van der Waals surface area contributed by atoms with Gasteiger partial charge in [0.2, 0.25) is 0 Å². The van der Waals surface area contributed by atoms with Gasteiger partial charge in [-0.05, 0) is 73.8 Å². The fourth-order valence-corrected chi connectivity index (χ4v) is 5.74. The summed E-state index contributed by atoms with van der Waals surface area (Å²) >= 11 is 0. The number of hydrogen-bond donors (Lipinski definition) is 0. The van der Waals surface area contributed by atoms with E-state index >= 15 is 0 Å². The lowest BCUT2D eigenvalue weighted by atomic mass is 9.71. The Hall–Kier alpha value is -2.60. The van der Waals surface area contributed by atoms with E-state index < -0.39 is 0 Å². The van der Waals surface area contributed by atoms with Gasteiger partial charge < -0.3 is 4.74 Å². The second-order valence-corrected chi connectivity index (χ2v) is 11.5. The van der Waals surface area contributed by atoms with Crippen LogP contribution in [0.25, 0.3) is 11.1 Å². The summed E-state index contributed by atoms with van der Waals surface area (Å²) in [6.07, 6.45) is 19.4. The summed E-state index contributed by atoms with van der Waals surface area (Å²) in [5.74, 6) is -0.250. The van der Waals surface area contributed by atoms with Crippen LogP contribution in [-0.2, 0) is 11.2 Å². The van der Waals surface area contributed by atoms with E-state index in [1.54, 1.807) is 0 Å². The van der Waals surface area contributed by atoms with E-state index in [2.05, 4.69) is 44.2 Å². The molecule has 0 amide bonds. The van der Waals surface area contributed by atoms with Gasteiger partial charge >= 0.3 is 5.97 Å². The molecule has 0 atom stereocenters. The van der Waals surface area contributed by atoms with Crippen molar-refractivity contribution in [2.24, 2.45) is 5.41 Å². The molecule has 3 heteroatoms. The van der Waals surface area contributed by atoms with E-state index in [1.165, 1.54) is 75.3 Å². The van der Waals surface area contributed by atoms with Crippen LogP contribution < -0.4 is 0 Å². The number of nitriles is 1. The van der Waals surface area contributed by atoms with E-state index in [4.69, 9.17) is 4.74 Å². The van der Waals surface area contributed by atoms with Crippen LogP contribution in [0.1, 0.15) is 133 Å². The SMILES string of the molecule is CCCCCCCCc1ccc(-c2ccc(C(=O)OC3CCC(C#N)(CCCCCCC)CC3)cc2)cc1. The Morgan fingerprint density at radius 1 is 0.789 bits per heavy atom. The molecule has 0 saturated heterocycles. The molecule has 0 radical (unpaired) electrons. The molecular weight excluding hydrogens is 466 g/mol. The van der Waals surface area contributed by atoms with Crippen LogP contribution in [0.2, 0.25) is 0 Å². The van der Waals surface area contributed by atoms with Gasteiger partial charge in [-0.3, -0.25) is 0 Å². The minimum atomic E-state index is -0.250. The van der Waals surface area contributed by atoms with Crippen molar-refractivity contribution in [1.82, 2.24) is 0 Å². The molecule has 206 valence electrons. The predicted molar refractivity (Wildman–Crippen MR) is 158 cm³/mol. The standard InChI is InChI=1S/C35H49NO2/c1-3-5-7-9-10-12-14-29-15-17-30(18-16-29)31-19-21-32(22-20-31)34(37)38-33-23-26-35(28-36,27-24-33)25-13-11-8-6-4-2/h15-22,33H,3-14,23-27H2,1-2H3. The molecule has 2 aromatic carbocycles. The lowest BCUT2D eigenvalue weighted by Crippen LogP contribution is -2.31. The Labute approximate surface area is 232 Å². The number of rotatable bonds is 16. The summed E-state index contributed by atoms with van der Waals surface area (Å²) in [5.41, 5.74) is 4.06. The van der Waals surface area contributed by atoms with Crippen molar-refractivity contribution in [2.45, 2.75) is 129 Å². The lowest BCUT2D eigenvalue weighted by Gasteiger charge is -2.34. The van der Waals surface area contributed by atoms with Crippen LogP contribution >= 0.6 is 0 Å². The molecular formula is C35H49NO2. The van der Waals surface area contributed by atoms with Crippen molar-refractivity contribution in [3.63, 3.8) is 0 Å². The van der Waals surface area contributed by atoms with Crippen LogP contribution in [0.15, 0.2) is 48.5 Å². The van der Waals surface area contributed by atoms with Crippen molar-refractivity contribution in [2.75, 3.05) is 0 Å². The molecule has 3 rings (SSSR count). The van der Waals surface area contributed by atoms with Gasteiger partial charge in [0, 0.05) is 0 Å². The molecule has 1 fully saturated rings. The number of nitrogens with zero attached hydrogens (tertiary/aromatic N) is 1. The summed E-state index contributed by atoms with van der Waals surface area (Å²) in [7, 11) is 0. The molecule has 38 heavy (non-hydrogen) atoms. The lowest BCUT2D eigenvalue weighted by molar-refractivity contribution is 0.0105. The predicted octanol–water partition coefficient (Wildman–Crippen LogP) is 10.2. The number of aryl methyl sites for hydroxylation is 1. The number of unbranched alkanes of at least 4 members (excludes halogenated alkanes) is 9. The fraction of sp³-hybridized carbons (Fsp3) is 0.600. The van der Waals surface area contributed by atoms with Gasteiger partial charge in [0.1, 0.15) is 6.10 Å². The zero-order valence-electron chi connectivity index (χ0n) is 24.0. The average Bonchev–Trinajstić information content (AvgIpc) is 2.96. The third-order valence-electron chi connectivity index (χ3n) is 8.39. The third kappa shape index (κ3) is 9.61. The highest BCUT2D eigenvalue weighted by Crippen LogP contribution is 2.41. The first-order valence-electron chi connectivity index (χ1n) is 15.4. The number of carbonyl (C=O) groups excluding carboxylic acids is 1. The maximum atomic E-state index is 12.8. The van der Waals surface area contributed by atoms with E-state index in [0.29, 0.717) is 5.56 Å². The van der Waals surface area contributed by atoms with Gasteiger partial charge in [0.05, 0.1) is 17.0 Å². The minimum Gasteiger partial charge on any atom is -0.459 e. The van der Waals surface area contributed by atoms with Crippen LogP contribution in [0.5, 0.6) is 0 Å². The van der Waals surface area contributed by atoms with Gasteiger partial charge in [-0.2, -0.15) is 5.26 Å². The molecule has 0 N–H and O–H groups in total. The van der Waals surface area contributed by atoms with Crippen molar-refractivity contribution in [3.05, 3.63) is 59.7 Å². The van der Waals surface area contributed by atoms with Crippen LogP contribution in [0, 0.1) is 16.7 Å². The number of carbonyl (C=O) groups is 1. The third-order valence-corrected chi connectivity index (χ3v) is 8.39. The monoisotopic (exact) mass is 515 g/mol. The molecule has 2 aromatic rings. The second kappa shape index (κ2) is 16.4. The van der Waals surface area contributed by atoms with E-state index in [1.807, 2.05) is 24.3 Å². The zero-order chi connectivity index (χ0) is 27.1. The van der Waals surface area contributed by atoms with Crippen molar-refractivity contribution >= 4 is 5.97 Å². The molecule has 0 spiro atoms. The molecule has 1 aliphatic carbocycles. The molecule has 0 aliphatic heterocycles. The normalized spacial score (nSPS) is 19.1. The first-order valence-corrected chi connectivity index (χ1v) is 15.4. The highest BCUT2D eigenvalue weighted by Gasteiger charge is 2.36. The number of esters is 1. The van der Waals surface area contributed by atoms with Gasteiger partial charge in [-0.15, -0.1) is 0 Å². The van der Waals surface area contributed by atoms with Gasteiger partial charge in [-0.25, -0.2) is 4.79 Å². The molecule has 1 aliphatic rings. The Morgan fingerprint density at radius 2 is 1.32 bits per heavy atom. The second-order valence-electron chi connectivity index (χ2n) is 11.5. The van der Waals surface area contributed by atoms with Crippen molar-refractivity contribution in [3.8, 4) is 17.2 Å². The highest BCUT2D eigenvalue weighted by molar-refractivity contribution is 5.90. The first kappa shape index (κ1) is 29.9. The molecule has 0 aromatic heterocycles. The number of ether oxygens (including phenoxy) is 1. The minimum absolute atomic E-state index is 0.0806. The zero-order valence-corrected chi connectivity index (χ0v) is 24.0. The Morgan fingerprint density at radius 3 is 1.89 bits per heavy atom. The van der Waals surface area contributed by atoms with Crippen LogP contribution in [0.4, 0.5) is 0 Å². The largest absolute Gasteiger partial charge is 0.459 e. The van der Waals surface area contributed by atoms with E-state index in [0.717, 1.165) is 50.5 Å².